The molecule has 104 valence electrons. The highest BCUT2D eigenvalue weighted by atomic mass is 16.5. The van der Waals surface area contributed by atoms with Crippen molar-refractivity contribution in [3.05, 3.63) is 83.1 Å². The molecule has 0 fully saturated rings. The largest absolute Gasteiger partial charge is 0.423 e. The van der Waals surface area contributed by atoms with Gasteiger partial charge in [0.15, 0.2) is 0 Å². The van der Waals surface area contributed by atoms with E-state index in [9.17, 15) is 4.79 Å². The summed E-state index contributed by atoms with van der Waals surface area (Å²) in [6.07, 6.45) is 4.46. The van der Waals surface area contributed by atoms with E-state index in [2.05, 4.69) is 19.1 Å². The Morgan fingerprint density at radius 2 is 1.71 bits per heavy atom. The minimum Gasteiger partial charge on any atom is -0.423 e. The van der Waals surface area contributed by atoms with Crippen LogP contribution in [0.5, 0.6) is 0 Å². The molecule has 1 heterocycles. The Labute approximate surface area is 124 Å². The molecule has 0 saturated carbocycles. The molecule has 0 N–H and O–H groups in total. The number of hydrogen-bond donors (Lipinski definition) is 0. The second-order valence-corrected chi connectivity index (χ2v) is 4.95. The molecule has 0 aromatic heterocycles. The van der Waals surface area contributed by atoms with Crippen molar-refractivity contribution in [1.29, 1.82) is 0 Å². The van der Waals surface area contributed by atoms with Gasteiger partial charge in [0.25, 0.3) is 0 Å². The Morgan fingerprint density at radius 1 is 1.00 bits per heavy atom. The smallest absolute Gasteiger partial charge is 0.336 e. The van der Waals surface area contributed by atoms with Gasteiger partial charge in [0.05, 0.1) is 0 Å². The number of hydrogen-bond acceptors (Lipinski definition) is 2. The van der Waals surface area contributed by atoms with E-state index < -0.39 is 0 Å². The van der Waals surface area contributed by atoms with Gasteiger partial charge in [-0.2, -0.15) is 0 Å². The van der Waals surface area contributed by atoms with Crippen LogP contribution in [0.3, 0.4) is 0 Å². The average molecular weight is 276 g/mol. The molecule has 0 aliphatic carbocycles. The molecular weight excluding hydrogens is 260 g/mol. The van der Waals surface area contributed by atoms with Gasteiger partial charge in [0, 0.05) is 11.6 Å². The fourth-order valence-corrected chi connectivity index (χ4v) is 2.33. The van der Waals surface area contributed by atoms with Crippen LogP contribution in [0, 0.1) is 0 Å². The molecule has 0 spiro atoms. The van der Waals surface area contributed by atoms with Gasteiger partial charge < -0.3 is 4.74 Å². The van der Waals surface area contributed by atoms with E-state index in [1.165, 1.54) is 5.56 Å². The van der Waals surface area contributed by atoms with E-state index in [0.29, 0.717) is 5.76 Å². The number of carbonyl (C=O) groups excluding carboxylic acids is 1. The summed E-state index contributed by atoms with van der Waals surface area (Å²) in [6, 6.07) is 18.1. The summed E-state index contributed by atoms with van der Waals surface area (Å²) in [5.41, 5.74) is 4.14. The molecular formula is C19H16O2. The van der Waals surface area contributed by atoms with E-state index in [-0.39, 0.29) is 5.97 Å². The summed E-state index contributed by atoms with van der Waals surface area (Å²) in [4.78, 5) is 11.6. The molecule has 2 heteroatoms. The zero-order chi connectivity index (χ0) is 14.7. The number of esters is 1. The summed E-state index contributed by atoms with van der Waals surface area (Å²) in [5, 5.41) is 0. The number of ether oxygens (including phenoxy) is 1. The molecule has 21 heavy (non-hydrogen) atoms. The Kier molecular flexibility index (Phi) is 3.69. The van der Waals surface area contributed by atoms with E-state index in [1.54, 1.807) is 6.08 Å². The van der Waals surface area contributed by atoms with Gasteiger partial charge in [-0.25, -0.2) is 4.79 Å². The molecule has 0 radical (unpaired) electrons. The number of carbonyl (C=O) groups is 1. The second kappa shape index (κ2) is 5.80. The maximum Gasteiger partial charge on any atom is 0.336 e. The van der Waals surface area contributed by atoms with Crippen molar-refractivity contribution in [1.82, 2.24) is 0 Å². The zero-order valence-electron chi connectivity index (χ0n) is 11.9. The topological polar surface area (TPSA) is 26.3 Å². The van der Waals surface area contributed by atoms with E-state index in [4.69, 9.17) is 4.74 Å². The van der Waals surface area contributed by atoms with Crippen LogP contribution in [0.25, 0.3) is 11.6 Å². The van der Waals surface area contributed by atoms with E-state index in [1.807, 2.05) is 48.5 Å². The lowest BCUT2D eigenvalue weighted by atomic mass is 10.0. The minimum absolute atomic E-state index is 0.315. The monoisotopic (exact) mass is 276 g/mol. The molecule has 0 bridgehead atoms. The summed E-state index contributed by atoms with van der Waals surface area (Å²) < 4.78 is 5.32. The lowest BCUT2D eigenvalue weighted by Gasteiger charge is -2.05. The maximum atomic E-state index is 11.6. The molecule has 0 atom stereocenters. The highest BCUT2D eigenvalue weighted by molar-refractivity contribution is 6.03. The normalized spacial score (nSPS) is 16.0. The van der Waals surface area contributed by atoms with Crippen LogP contribution in [0.1, 0.15) is 23.6 Å². The molecule has 0 saturated heterocycles. The van der Waals surface area contributed by atoms with Crippen molar-refractivity contribution < 1.29 is 9.53 Å². The van der Waals surface area contributed by atoms with Crippen LogP contribution >= 0.6 is 0 Å². The van der Waals surface area contributed by atoms with Crippen molar-refractivity contribution >= 4 is 17.6 Å². The lowest BCUT2D eigenvalue weighted by molar-refractivity contribution is -0.132. The first-order valence-corrected chi connectivity index (χ1v) is 7.06. The SMILES string of the molecule is CCc1ccc(C=C2OC(=O)C=C2c2ccccc2)cc1. The highest BCUT2D eigenvalue weighted by Gasteiger charge is 2.21. The van der Waals surface area contributed by atoms with Gasteiger partial charge in [-0.15, -0.1) is 0 Å². The van der Waals surface area contributed by atoms with Crippen LogP contribution in [0.4, 0.5) is 0 Å². The van der Waals surface area contributed by atoms with Crippen molar-refractivity contribution in [3.63, 3.8) is 0 Å². The first kappa shape index (κ1) is 13.4. The zero-order valence-corrected chi connectivity index (χ0v) is 11.9. The Hall–Kier alpha value is -2.61. The average Bonchev–Trinajstić information content (AvgIpc) is 2.89. The number of aryl methyl sites for hydroxylation is 1. The molecule has 2 aromatic rings. The van der Waals surface area contributed by atoms with Gasteiger partial charge >= 0.3 is 5.97 Å². The minimum atomic E-state index is -0.315. The molecule has 2 nitrogen and oxygen atoms in total. The van der Waals surface area contributed by atoms with Gasteiger partial charge in [0.1, 0.15) is 5.76 Å². The van der Waals surface area contributed by atoms with Crippen LogP contribution in [0.2, 0.25) is 0 Å². The summed E-state index contributed by atoms with van der Waals surface area (Å²) in [7, 11) is 0. The highest BCUT2D eigenvalue weighted by Crippen LogP contribution is 2.30. The Bertz CT molecular complexity index is 707. The predicted octanol–water partition coefficient (Wildman–Crippen LogP) is 4.23. The number of allylic oxidation sites excluding steroid dienone is 1. The summed E-state index contributed by atoms with van der Waals surface area (Å²) >= 11 is 0. The quantitative estimate of drug-likeness (QED) is 0.784. The molecule has 2 aromatic carbocycles. The molecule has 0 amide bonds. The predicted molar refractivity (Wildman–Crippen MR) is 84.3 cm³/mol. The van der Waals surface area contributed by atoms with Crippen molar-refractivity contribution in [2.45, 2.75) is 13.3 Å². The number of cyclic esters (lactones) is 1. The van der Waals surface area contributed by atoms with Gasteiger partial charge in [-0.3, -0.25) is 0 Å². The number of rotatable bonds is 3. The summed E-state index contributed by atoms with van der Waals surface area (Å²) in [5.74, 6) is 0.292. The van der Waals surface area contributed by atoms with Crippen molar-refractivity contribution in [3.8, 4) is 0 Å². The van der Waals surface area contributed by atoms with Crippen molar-refractivity contribution in [2.24, 2.45) is 0 Å². The van der Waals surface area contributed by atoms with E-state index >= 15 is 0 Å². The van der Waals surface area contributed by atoms with Crippen LogP contribution in [-0.4, -0.2) is 5.97 Å². The molecule has 0 unspecified atom stereocenters. The number of benzene rings is 2. The Balaban J connectivity index is 1.95. The maximum absolute atomic E-state index is 11.6. The third-order valence-corrected chi connectivity index (χ3v) is 3.51. The standard InChI is InChI=1S/C19H16O2/c1-2-14-8-10-15(11-9-14)12-18-17(13-19(20)21-18)16-6-4-3-5-7-16/h3-13H,2H2,1H3. The van der Waals surface area contributed by atoms with Crippen LogP contribution < -0.4 is 0 Å². The fraction of sp³-hybridized carbons (Fsp3) is 0.105. The van der Waals surface area contributed by atoms with Crippen LogP contribution in [-0.2, 0) is 16.0 Å². The molecule has 1 aliphatic heterocycles. The first-order chi connectivity index (χ1) is 10.3. The fourth-order valence-electron chi connectivity index (χ4n) is 2.33. The van der Waals surface area contributed by atoms with Crippen LogP contribution in [0.15, 0.2) is 66.4 Å². The van der Waals surface area contributed by atoms with Gasteiger partial charge in [-0.1, -0.05) is 61.5 Å². The third kappa shape index (κ3) is 2.95. The van der Waals surface area contributed by atoms with E-state index in [0.717, 1.165) is 23.1 Å². The first-order valence-electron chi connectivity index (χ1n) is 7.06. The van der Waals surface area contributed by atoms with Crippen molar-refractivity contribution in [2.75, 3.05) is 0 Å². The Morgan fingerprint density at radius 3 is 2.38 bits per heavy atom. The second-order valence-electron chi connectivity index (χ2n) is 4.95. The molecule has 1 aliphatic rings. The lowest BCUT2D eigenvalue weighted by Crippen LogP contribution is -1.91. The van der Waals surface area contributed by atoms with Gasteiger partial charge in [-0.05, 0) is 29.2 Å². The summed E-state index contributed by atoms with van der Waals surface area (Å²) in [6.45, 7) is 2.13. The van der Waals surface area contributed by atoms with Gasteiger partial charge in [0.2, 0.25) is 0 Å². The third-order valence-electron chi connectivity index (χ3n) is 3.51. The molecule has 3 rings (SSSR count).